The lowest BCUT2D eigenvalue weighted by Gasteiger charge is -2.39. The minimum Gasteiger partial charge on any atom is -0.376 e. The van der Waals surface area contributed by atoms with Gasteiger partial charge in [-0.15, -0.1) is 34.2 Å². The fourth-order valence-corrected chi connectivity index (χ4v) is 4.69. The van der Waals surface area contributed by atoms with Crippen LogP contribution in [0.25, 0.3) is 0 Å². The van der Waals surface area contributed by atoms with Gasteiger partial charge in [-0.05, 0) is 39.5 Å². The van der Waals surface area contributed by atoms with E-state index in [-0.39, 0.29) is 42.0 Å². The van der Waals surface area contributed by atoms with Crippen LogP contribution in [-0.2, 0) is 23.1 Å². The molecule has 2 atom stereocenters. The molecule has 0 radical (unpaired) electrons. The highest BCUT2D eigenvalue weighted by Crippen LogP contribution is 2.15. The SMILES string of the molecule is Cc1nnc(CN=C(NCC2CCCO2)N2CCN(C(C)C(=O)N3CCCC3)CC2)n1C.I. The summed E-state index contributed by atoms with van der Waals surface area (Å²) in [6.45, 7) is 11.3. The van der Waals surface area contributed by atoms with Crippen molar-refractivity contribution in [3.8, 4) is 0 Å². The summed E-state index contributed by atoms with van der Waals surface area (Å²) >= 11 is 0. The third-order valence-corrected chi connectivity index (χ3v) is 7.00. The molecule has 1 aromatic rings. The summed E-state index contributed by atoms with van der Waals surface area (Å²) in [5.74, 6) is 2.90. The number of halogens is 1. The Hall–Kier alpha value is -1.47. The zero-order chi connectivity index (χ0) is 22.5. The molecule has 0 saturated carbocycles. The summed E-state index contributed by atoms with van der Waals surface area (Å²) in [4.78, 5) is 24.3. The maximum atomic E-state index is 12.8. The zero-order valence-corrected chi connectivity index (χ0v) is 22.5. The van der Waals surface area contributed by atoms with E-state index in [2.05, 4.69) is 32.2 Å². The highest BCUT2D eigenvalue weighted by atomic mass is 127. The number of nitrogens with zero attached hydrogens (tertiary/aromatic N) is 7. The highest BCUT2D eigenvalue weighted by Gasteiger charge is 2.30. The van der Waals surface area contributed by atoms with Gasteiger partial charge in [-0.2, -0.15) is 0 Å². The lowest BCUT2D eigenvalue weighted by Crippen LogP contribution is -2.57. The largest absolute Gasteiger partial charge is 0.376 e. The maximum Gasteiger partial charge on any atom is 0.239 e. The van der Waals surface area contributed by atoms with Crippen LogP contribution in [0.4, 0.5) is 0 Å². The molecule has 1 amide bonds. The van der Waals surface area contributed by atoms with E-state index in [0.717, 1.165) is 95.7 Å². The molecule has 186 valence electrons. The number of likely N-dealkylation sites (tertiary alicyclic amines) is 1. The minimum absolute atomic E-state index is 0. The van der Waals surface area contributed by atoms with Gasteiger partial charge in [0.25, 0.3) is 0 Å². The first-order chi connectivity index (χ1) is 15.5. The van der Waals surface area contributed by atoms with Gasteiger partial charge in [-0.3, -0.25) is 9.69 Å². The van der Waals surface area contributed by atoms with Crippen LogP contribution in [0.3, 0.4) is 0 Å². The Morgan fingerprint density at radius 3 is 2.45 bits per heavy atom. The second-order valence-corrected chi connectivity index (χ2v) is 9.11. The molecule has 2 unspecified atom stereocenters. The number of rotatable bonds is 6. The van der Waals surface area contributed by atoms with Gasteiger partial charge in [-0.25, -0.2) is 4.99 Å². The van der Waals surface area contributed by atoms with Crippen molar-refractivity contribution < 1.29 is 9.53 Å². The Morgan fingerprint density at radius 1 is 1.12 bits per heavy atom. The van der Waals surface area contributed by atoms with Crippen molar-refractivity contribution in [3.05, 3.63) is 11.6 Å². The van der Waals surface area contributed by atoms with E-state index in [4.69, 9.17) is 9.73 Å². The summed E-state index contributed by atoms with van der Waals surface area (Å²) in [6.07, 6.45) is 4.73. The molecule has 11 heteroatoms. The monoisotopic (exact) mass is 574 g/mol. The fraction of sp³-hybridized carbons (Fsp3) is 0.818. The van der Waals surface area contributed by atoms with Gasteiger partial charge >= 0.3 is 0 Å². The number of aromatic nitrogens is 3. The second-order valence-electron chi connectivity index (χ2n) is 9.11. The van der Waals surface area contributed by atoms with Crippen molar-refractivity contribution in [1.29, 1.82) is 0 Å². The van der Waals surface area contributed by atoms with E-state index in [1.54, 1.807) is 0 Å². The van der Waals surface area contributed by atoms with Crippen LogP contribution in [0.5, 0.6) is 0 Å². The van der Waals surface area contributed by atoms with Crippen molar-refractivity contribution in [2.24, 2.45) is 12.0 Å². The van der Waals surface area contributed by atoms with E-state index in [9.17, 15) is 4.79 Å². The normalized spacial score (nSPS) is 23.0. The van der Waals surface area contributed by atoms with E-state index in [1.165, 1.54) is 0 Å². The first-order valence-electron chi connectivity index (χ1n) is 12.1. The number of ether oxygens (including phenoxy) is 1. The van der Waals surface area contributed by atoms with Gasteiger partial charge in [0, 0.05) is 59.5 Å². The van der Waals surface area contributed by atoms with E-state index >= 15 is 0 Å². The zero-order valence-electron chi connectivity index (χ0n) is 20.2. The molecule has 33 heavy (non-hydrogen) atoms. The van der Waals surface area contributed by atoms with Crippen molar-refractivity contribution in [1.82, 2.24) is 34.8 Å². The number of aryl methyl sites for hydroxylation is 1. The predicted octanol–water partition coefficient (Wildman–Crippen LogP) is 0.995. The van der Waals surface area contributed by atoms with Crippen LogP contribution in [0.2, 0.25) is 0 Å². The average molecular weight is 575 g/mol. The molecule has 0 aliphatic carbocycles. The van der Waals surface area contributed by atoms with Crippen LogP contribution in [0, 0.1) is 6.92 Å². The predicted molar refractivity (Wildman–Crippen MR) is 138 cm³/mol. The van der Waals surface area contributed by atoms with Gasteiger partial charge in [0.1, 0.15) is 12.4 Å². The van der Waals surface area contributed by atoms with Crippen LogP contribution < -0.4 is 5.32 Å². The summed E-state index contributed by atoms with van der Waals surface area (Å²) in [5.41, 5.74) is 0. The molecule has 1 aromatic heterocycles. The summed E-state index contributed by atoms with van der Waals surface area (Å²) < 4.78 is 7.76. The number of aliphatic imine (C=N–C) groups is 1. The molecule has 3 aliphatic rings. The maximum absolute atomic E-state index is 12.8. The number of guanidine groups is 1. The third kappa shape index (κ3) is 6.56. The van der Waals surface area contributed by atoms with Gasteiger partial charge in [-0.1, -0.05) is 0 Å². The van der Waals surface area contributed by atoms with Gasteiger partial charge in [0.05, 0.1) is 12.1 Å². The number of piperazine rings is 1. The molecule has 0 spiro atoms. The van der Waals surface area contributed by atoms with E-state index < -0.39 is 0 Å². The number of carbonyl (C=O) groups excluding carboxylic acids is 1. The molecule has 1 N–H and O–H groups in total. The molecule has 0 bridgehead atoms. The summed E-state index contributed by atoms with van der Waals surface area (Å²) in [7, 11) is 1.97. The molecule has 4 heterocycles. The Bertz CT molecular complexity index is 796. The topological polar surface area (TPSA) is 91.1 Å². The first-order valence-corrected chi connectivity index (χ1v) is 12.1. The smallest absolute Gasteiger partial charge is 0.239 e. The first kappa shape index (κ1) is 26.1. The van der Waals surface area contributed by atoms with Crippen molar-refractivity contribution >= 4 is 35.8 Å². The summed E-state index contributed by atoms with van der Waals surface area (Å²) in [5, 5.41) is 11.9. The van der Waals surface area contributed by atoms with E-state index in [0.29, 0.717) is 6.54 Å². The number of hydrogen-bond donors (Lipinski definition) is 1. The molecule has 0 aromatic carbocycles. The average Bonchev–Trinajstić information content (AvgIpc) is 3.58. The Labute approximate surface area is 214 Å². The number of nitrogens with one attached hydrogen (secondary N) is 1. The van der Waals surface area contributed by atoms with Gasteiger partial charge in [0.2, 0.25) is 5.91 Å². The lowest BCUT2D eigenvalue weighted by molar-refractivity contribution is -0.135. The van der Waals surface area contributed by atoms with E-state index in [1.807, 2.05) is 23.4 Å². The molecule has 3 aliphatic heterocycles. The Balaban J connectivity index is 0.00000306. The van der Waals surface area contributed by atoms with Crippen molar-refractivity contribution in [3.63, 3.8) is 0 Å². The molecule has 3 saturated heterocycles. The van der Waals surface area contributed by atoms with Crippen molar-refractivity contribution in [2.45, 2.75) is 58.2 Å². The van der Waals surface area contributed by atoms with Crippen LogP contribution in [-0.4, -0.2) is 106 Å². The fourth-order valence-electron chi connectivity index (χ4n) is 4.69. The molecule has 3 fully saturated rings. The standard InChI is InChI=1S/C22H38N8O2.HI/c1-17(21(31)29-8-4-5-9-29)28-10-12-30(13-11-28)22(23-15-19-7-6-14-32-19)24-16-20-26-25-18(2)27(20)3;/h17,19H,4-16H2,1-3H3,(H,23,24);1H. The molecule has 4 rings (SSSR count). The van der Waals surface area contributed by atoms with Crippen molar-refractivity contribution in [2.75, 3.05) is 52.4 Å². The Kier molecular flexibility index (Phi) is 9.74. The number of hydrogen-bond acceptors (Lipinski definition) is 6. The molecule has 10 nitrogen and oxygen atoms in total. The summed E-state index contributed by atoms with van der Waals surface area (Å²) in [6, 6.07) is -0.0582. The molecular weight excluding hydrogens is 535 g/mol. The lowest BCUT2D eigenvalue weighted by atomic mass is 10.2. The quantitative estimate of drug-likeness (QED) is 0.308. The number of carbonyl (C=O) groups is 1. The Morgan fingerprint density at radius 2 is 1.85 bits per heavy atom. The van der Waals surface area contributed by atoms with Crippen LogP contribution >= 0.6 is 24.0 Å². The highest BCUT2D eigenvalue weighted by molar-refractivity contribution is 14.0. The second kappa shape index (κ2) is 12.3. The van der Waals surface area contributed by atoms with Gasteiger partial charge in [0.15, 0.2) is 11.8 Å². The van der Waals surface area contributed by atoms with Crippen LogP contribution in [0.1, 0.15) is 44.3 Å². The van der Waals surface area contributed by atoms with Crippen LogP contribution in [0.15, 0.2) is 4.99 Å². The number of amides is 1. The van der Waals surface area contributed by atoms with Gasteiger partial charge < -0.3 is 24.4 Å². The molecular formula is C22H39IN8O2. The minimum atomic E-state index is -0.0582. The third-order valence-electron chi connectivity index (χ3n) is 7.00.